The molecule has 3 atom stereocenters. The van der Waals surface area contributed by atoms with Gasteiger partial charge < -0.3 is 5.32 Å². The quantitative estimate of drug-likeness (QED) is 0.891. The molecule has 2 fully saturated rings. The van der Waals surface area contributed by atoms with E-state index in [1.807, 2.05) is 31.2 Å². The van der Waals surface area contributed by atoms with Gasteiger partial charge in [-0.15, -0.1) is 0 Å². The molecule has 6 heteroatoms. The van der Waals surface area contributed by atoms with Crippen LogP contribution in [-0.4, -0.2) is 57.5 Å². The zero-order chi connectivity index (χ0) is 13.9. The summed E-state index contributed by atoms with van der Waals surface area (Å²) < 4.78 is 15.5. The molecule has 0 aromatic carbocycles. The number of likely N-dealkylation sites (tertiary alicyclic amines) is 1. The fourth-order valence-corrected chi connectivity index (χ4v) is 4.30. The first-order valence-electron chi connectivity index (χ1n) is 7.37. The van der Waals surface area contributed by atoms with Crippen LogP contribution in [0, 0.1) is 0 Å². The molecular weight excluding hydrogens is 275 g/mol. The van der Waals surface area contributed by atoms with Gasteiger partial charge in [0.2, 0.25) is 0 Å². The first-order chi connectivity index (χ1) is 9.70. The summed E-state index contributed by atoms with van der Waals surface area (Å²) in [7, 11) is 1.92. The van der Waals surface area contributed by atoms with E-state index in [-0.39, 0.29) is 0 Å². The number of aryl methyl sites for hydroxylation is 1. The maximum absolute atomic E-state index is 13.7. The van der Waals surface area contributed by atoms with Gasteiger partial charge in [0.15, 0.2) is 0 Å². The summed E-state index contributed by atoms with van der Waals surface area (Å²) >= 11 is 2.01. The fraction of sp³-hybridized carbons (Fsp3) is 0.786. The van der Waals surface area contributed by atoms with E-state index in [4.69, 9.17) is 0 Å². The van der Waals surface area contributed by atoms with E-state index in [9.17, 15) is 4.39 Å². The van der Waals surface area contributed by atoms with Crippen LogP contribution in [0.3, 0.4) is 0 Å². The molecule has 1 aromatic heterocycles. The van der Waals surface area contributed by atoms with E-state index < -0.39 is 6.17 Å². The molecule has 0 bridgehead atoms. The topological polar surface area (TPSA) is 33.1 Å². The lowest BCUT2D eigenvalue weighted by Gasteiger charge is -2.25. The molecule has 20 heavy (non-hydrogen) atoms. The molecule has 0 radical (unpaired) electrons. The lowest BCUT2D eigenvalue weighted by molar-refractivity contribution is 0.227. The van der Waals surface area contributed by atoms with Crippen molar-refractivity contribution in [2.24, 2.45) is 7.05 Å². The minimum atomic E-state index is -0.684. The summed E-state index contributed by atoms with van der Waals surface area (Å²) in [5.41, 5.74) is 1.17. The Morgan fingerprint density at radius 3 is 3.15 bits per heavy atom. The summed E-state index contributed by atoms with van der Waals surface area (Å²) in [5.74, 6) is 2.46. The molecule has 0 aliphatic carbocycles. The van der Waals surface area contributed by atoms with Gasteiger partial charge in [-0.05, 0) is 18.6 Å². The van der Waals surface area contributed by atoms with Gasteiger partial charge in [-0.25, -0.2) is 4.39 Å². The highest BCUT2D eigenvalue weighted by Gasteiger charge is 2.32. The standard InChI is InChI=1S/C14H23FN4S/c1-18-7-11(5-17-18)8-19-9-12(15)4-14(19)6-16-13-2-3-20-10-13/h5,7,12-14,16H,2-4,6,8-10H2,1H3/t12-,13?,14-/m0/s1. The molecule has 0 spiro atoms. The highest BCUT2D eigenvalue weighted by molar-refractivity contribution is 7.99. The van der Waals surface area contributed by atoms with E-state index in [0.717, 1.165) is 13.1 Å². The van der Waals surface area contributed by atoms with Crippen molar-refractivity contribution in [2.45, 2.75) is 37.6 Å². The highest BCUT2D eigenvalue weighted by atomic mass is 32.2. The van der Waals surface area contributed by atoms with E-state index in [2.05, 4.69) is 15.3 Å². The normalized spacial score (nSPS) is 31.2. The van der Waals surface area contributed by atoms with Crippen molar-refractivity contribution in [1.29, 1.82) is 0 Å². The Labute approximate surface area is 124 Å². The van der Waals surface area contributed by atoms with Crippen molar-refractivity contribution in [1.82, 2.24) is 20.0 Å². The zero-order valence-electron chi connectivity index (χ0n) is 12.0. The van der Waals surface area contributed by atoms with Crippen LogP contribution in [0.1, 0.15) is 18.4 Å². The summed E-state index contributed by atoms with van der Waals surface area (Å²) in [6.45, 7) is 2.27. The Hall–Kier alpha value is -0.590. The van der Waals surface area contributed by atoms with E-state index >= 15 is 0 Å². The molecule has 1 N–H and O–H groups in total. The molecule has 112 valence electrons. The molecule has 3 rings (SSSR count). The Morgan fingerprint density at radius 2 is 2.45 bits per heavy atom. The van der Waals surface area contributed by atoms with Crippen LogP contribution in [-0.2, 0) is 13.6 Å². The monoisotopic (exact) mass is 298 g/mol. The van der Waals surface area contributed by atoms with Gasteiger partial charge in [0, 0.05) is 56.3 Å². The van der Waals surface area contributed by atoms with E-state index in [0.29, 0.717) is 25.0 Å². The molecular formula is C14H23FN4S. The molecule has 3 heterocycles. The lowest BCUT2D eigenvalue weighted by atomic mass is 10.1. The van der Waals surface area contributed by atoms with Crippen LogP contribution in [0.5, 0.6) is 0 Å². The van der Waals surface area contributed by atoms with Gasteiger partial charge in [0.25, 0.3) is 0 Å². The maximum atomic E-state index is 13.7. The Morgan fingerprint density at radius 1 is 1.55 bits per heavy atom. The summed E-state index contributed by atoms with van der Waals surface area (Å²) in [5, 5.41) is 7.80. The van der Waals surface area contributed by atoms with Crippen LogP contribution in [0.25, 0.3) is 0 Å². The average Bonchev–Trinajstić information content (AvgIpc) is 3.10. The SMILES string of the molecule is Cn1cc(CN2C[C@@H](F)C[C@H]2CNC2CCSC2)cn1. The second kappa shape index (κ2) is 6.45. The molecule has 1 unspecified atom stereocenters. The van der Waals surface area contributed by atoms with Gasteiger partial charge in [-0.2, -0.15) is 16.9 Å². The number of nitrogens with zero attached hydrogens (tertiary/aromatic N) is 3. The number of hydrogen-bond donors (Lipinski definition) is 1. The average molecular weight is 298 g/mol. The molecule has 4 nitrogen and oxygen atoms in total. The maximum Gasteiger partial charge on any atom is 0.114 e. The predicted octanol–water partition coefficient (Wildman–Crippen LogP) is 1.43. The number of halogens is 1. The lowest BCUT2D eigenvalue weighted by Crippen LogP contribution is -2.41. The first kappa shape index (κ1) is 14.4. The molecule has 1 aromatic rings. The molecule has 2 aliphatic heterocycles. The fourth-order valence-electron chi connectivity index (χ4n) is 3.11. The van der Waals surface area contributed by atoms with Gasteiger partial charge in [-0.1, -0.05) is 0 Å². The van der Waals surface area contributed by atoms with Crippen molar-refractivity contribution in [2.75, 3.05) is 24.6 Å². The number of alkyl halides is 1. The van der Waals surface area contributed by atoms with Crippen molar-refractivity contribution in [3.63, 3.8) is 0 Å². The largest absolute Gasteiger partial charge is 0.312 e. The highest BCUT2D eigenvalue weighted by Crippen LogP contribution is 2.23. The minimum absolute atomic E-state index is 0.316. The Kier molecular flexibility index (Phi) is 4.63. The third kappa shape index (κ3) is 3.54. The summed E-state index contributed by atoms with van der Waals surface area (Å²) in [4.78, 5) is 2.26. The van der Waals surface area contributed by atoms with Crippen LogP contribution >= 0.6 is 11.8 Å². The Balaban J connectivity index is 1.53. The van der Waals surface area contributed by atoms with Gasteiger partial charge in [0.05, 0.1) is 6.20 Å². The number of rotatable bonds is 5. The third-order valence-electron chi connectivity index (χ3n) is 4.19. The first-order valence-corrected chi connectivity index (χ1v) is 8.53. The number of thioether (sulfide) groups is 1. The second-order valence-corrected chi connectivity index (χ2v) is 7.06. The van der Waals surface area contributed by atoms with Crippen LogP contribution in [0.15, 0.2) is 12.4 Å². The minimum Gasteiger partial charge on any atom is -0.312 e. The van der Waals surface area contributed by atoms with Crippen molar-refractivity contribution < 1.29 is 4.39 Å². The second-order valence-electron chi connectivity index (χ2n) is 5.91. The van der Waals surface area contributed by atoms with Crippen LogP contribution in [0.4, 0.5) is 4.39 Å². The van der Waals surface area contributed by atoms with Crippen LogP contribution < -0.4 is 5.32 Å². The molecule has 2 saturated heterocycles. The van der Waals surface area contributed by atoms with Crippen molar-refractivity contribution >= 4 is 11.8 Å². The summed E-state index contributed by atoms with van der Waals surface area (Å²) in [6.07, 6.45) is 5.12. The zero-order valence-corrected chi connectivity index (χ0v) is 12.8. The molecule has 0 saturated carbocycles. The molecule has 0 amide bonds. The number of hydrogen-bond acceptors (Lipinski definition) is 4. The van der Waals surface area contributed by atoms with E-state index in [1.165, 1.54) is 23.5 Å². The van der Waals surface area contributed by atoms with Crippen molar-refractivity contribution in [3.8, 4) is 0 Å². The van der Waals surface area contributed by atoms with Crippen LogP contribution in [0.2, 0.25) is 0 Å². The van der Waals surface area contributed by atoms with Gasteiger partial charge >= 0.3 is 0 Å². The van der Waals surface area contributed by atoms with E-state index in [1.54, 1.807) is 4.68 Å². The van der Waals surface area contributed by atoms with Crippen molar-refractivity contribution in [3.05, 3.63) is 18.0 Å². The smallest absolute Gasteiger partial charge is 0.114 e. The predicted molar refractivity (Wildman–Crippen MR) is 80.7 cm³/mol. The molecule has 2 aliphatic rings. The Bertz CT molecular complexity index is 433. The van der Waals surface area contributed by atoms with Gasteiger partial charge in [0.1, 0.15) is 6.17 Å². The number of nitrogens with one attached hydrogen (secondary N) is 1. The number of aromatic nitrogens is 2. The van der Waals surface area contributed by atoms with Gasteiger partial charge in [-0.3, -0.25) is 9.58 Å². The third-order valence-corrected chi connectivity index (χ3v) is 5.36. The summed E-state index contributed by atoms with van der Waals surface area (Å²) in [6, 6.07) is 0.940.